The van der Waals surface area contributed by atoms with Crippen LogP contribution in [-0.2, 0) is 21.5 Å². The molecule has 2 saturated heterocycles. The van der Waals surface area contributed by atoms with Gasteiger partial charge in [0.05, 0.1) is 6.10 Å². The number of benzene rings is 1. The van der Waals surface area contributed by atoms with Crippen LogP contribution >= 0.6 is 0 Å². The van der Waals surface area contributed by atoms with Crippen LogP contribution in [0.4, 0.5) is 0 Å². The van der Waals surface area contributed by atoms with Crippen molar-refractivity contribution in [3.63, 3.8) is 0 Å². The van der Waals surface area contributed by atoms with E-state index in [0.717, 1.165) is 56.8 Å². The lowest BCUT2D eigenvalue weighted by molar-refractivity contribution is -0.131. The number of aliphatic hydroxyl groups excluding tert-OH is 1. The molecule has 2 atom stereocenters. The molecule has 2 heterocycles. The van der Waals surface area contributed by atoms with Gasteiger partial charge in [-0.25, -0.2) is 0 Å². The number of aliphatic hydroxyl groups is 1. The number of piperazine rings is 1. The number of carbonyl (C=O) groups excluding carboxylic acids is 2. The van der Waals surface area contributed by atoms with E-state index in [0.29, 0.717) is 18.7 Å². The number of ether oxygens (including phenoxy) is 1. The van der Waals surface area contributed by atoms with Crippen molar-refractivity contribution >= 4 is 11.8 Å². The minimum absolute atomic E-state index is 0.0320. The first-order chi connectivity index (χ1) is 15.5. The Kier molecular flexibility index (Phi) is 8.37. The second kappa shape index (κ2) is 10.8. The van der Waals surface area contributed by atoms with Gasteiger partial charge in [-0.2, -0.15) is 0 Å². The smallest absolute Gasteiger partial charge is 0.255 e. The van der Waals surface area contributed by atoms with Crippen LogP contribution in [0, 0.1) is 0 Å². The summed E-state index contributed by atoms with van der Waals surface area (Å²) in [5.41, 5.74) is 7.45. The van der Waals surface area contributed by atoms with Gasteiger partial charge in [0, 0.05) is 64.3 Å². The van der Waals surface area contributed by atoms with Gasteiger partial charge in [-0.3, -0.25) is 19.4 Å². The Balaban J connectivity index is 1.66. The number of primary amides is 1. The Morgan fingerprint density at radius 3 is 2.36 bits per heavy atom. The Bertz CT molecular complexity index is 830. The molecule has 0 unspecified atom stereocenters. The molecule has 2 fully saturated rings. The first-order valence-electron chi connectivity index (χ1n) is 12.0. The van der Waals surface area contributed by atoms with Crippen LogP contribution in [-0.4, -0.2) is 89.6 Å². The summed E-state index contributed by atoms with van der Waals surface area (Å²) in [4.78, 5) is 29.5. The second-order valence-electron chi connectivity index (χ2n) is 10.4. The predicted octanol–water partition coefficient (Wildman–Crippen LogP) is 1.34. The van der Waals surface area contributed by atoms with Crippen LogP contribution in [0.5, 0.6) is 5.75 Å². The van der Waals surface area contributed by atoms with E-state index in [1.165, 1.54) is 0 Å². The van der Waals surface area contributed by atoms with E-state index in [1.807, 2.05) is 11.0 Å². The van der Waals surface area contributed by atoms with Crippen molar-refractivity contribution in [2.45, 2.75) is 64.6 Å². The van der Waals surface area contributed by atoms with Crippen LogP contribution in [0.15, 0.2) is 18.2 Å². The third-order valence-corrected chi connectivity index (χ3v) is 6.85. The highest BCUT2D eigenvalue weighted by Gasteiger charge is 2.32. The molecule has 0 radical (unpaired) electrons. The molecule has 0 aromatic heterocycles. The summed E-state index contributed by atoms with van der Waals surface area (Å²) in [6, 6.07) is 6.33. The highest BCUT2D eigenvalue weighted by atomic mass is 16.5. The van der Waals surface area contributed by atoms with E-state index in [1.54, 1.807) is 6.92 Å². The zero-order chi connectivity index (χ0) is 24.2. The predicted molar refractivity (Wildman–Crippen MR) is 128 cm³/mol. The van der Waals surface area contributed by atoms with Crippen molar-refractivity contribution in [3.05, 3.63) is 29.3 Å². The van der Waals surface area contributed by atoms with Gasteiger partial charge < -0.3 is 20.5 Å². The largest absolute Gasteiger partial charge is 0.483 e. The normalized spacial score (nSPS) is 23.2. The maximum atomic E-state index is 11.6. The van der Waals surface area contributed by atoms with Gasteiger partial charge in [0.25, 0.3) is 5.91 Å². The van der Waals surface area contributed by atoms with E-state index in [2.05, 4.69) is 42.7 Å². The molecule has 184 valence electrons. The van der Waals surface area contributed by atoms with Gasteiger partial charge >= 0.3 is 0 Å². The van der Waals surface area contributed by atoms with E-state index < -0.39 is 5.91 Å². The molecule has 0 aliphatic carbocycles. The molecule has 8 nitrogen and oxygen atoms in total. The van der Waals surface area contributed by atoms with Gasteiger partial charge in [-0.15, -0.1) is 0 Å². The van der Waals surface area contributed by atoms with Crippen LogP contribution in [0.1, 0.15) is 51.7 Å². The minimum Gasteiger partial charge on any atom is -0.483 e. The van der Waals surface area contributed by atoms with Crippen molar-refractivity contribution < 1.29 is 19.4 Å². The van der Waals surface area contributed by atoms with Gasteiger partial charge in [-0.1, -0.05) is 32.9 Å². The molecule has 0 bridgehead atoms. The summed E-state index contributed by atoms with van der Waals surface area (Å²) in [5, 5.41) is 10.9. The highest BCUT2D eigenvalue weighted by molar-refractivity contribution is 5.75. The molecule has 1 aromatic rings. The lowest BCUT2D eigenvalue weighted by atomic mass is 9.86. The number of amides is 2. The zero-order valence-electron chi connectivity index (χ0n) is 20.5. The van der Waals surface area contributed by atoms with Crippen LogP contribution in [0.3, 0.4) is 0 Å². The molecule has 33 heavy (non-hydrogen) atoms. The Hall–Kier alpha value is -2.16. The van der Waals surface area contributed by atoms with Crippen LogP contribution in [0.25, 0.3) is 0 Å². The number of carbonyl (C=O) groups is 2. The molecular formula is C25H40N4O4. The summed E-state index contributed by atoms with van der Waals surface area (Å²) < 4.78 is 5.78. The topological polar surface area (TPSA) is 99.3 Å². The van der Waals surface area contributed by atoms with Gasteiger partial charge in [0.15, 0.2) is 6.61 Å². The number of rotatable bonds is 6. The first-order valence-corrected chi connectivity index (χ1v) is 12.0. The third-order valence-electron chi connectivity index (χ3n) is 6.85. The van der Waals surface area contributed by atoms with Crippen molar-refractivity contribution in [2.75, 3.05) is 45.9 Å². The molecule has 3 N–H and O–H groups in total. The van der Waals surface area contributed by atoms with Gasteiger partial charge in [0.2, 0.25) is 5.91 Å². The molecule has 2 amide bonds. The SMILES string of the molecule is CC(=O)N1CCN([C@H]2CCN(Cc3ccc(C(C)(C)C)cc3OCC(N)=O)CC[C@@H]2O)CC1. The lowest BCUT2D eigenvalue weighted by Crippen LogP contribution is -2.54. The van der Waals surface area contributed by atoms with Gasteiger partial charge in [0.1, 0.15) is 5.75 Å². The van der Waals surface area contributed by atoms with Gasteiger partial charge in [-0.05, 0) is 29.9 Å². The Morgan fingerprint density at radius 2 is 1.76 bits per heavy atom. The number of nitrogens with two attached hydrogens (primary N) is 1. The highest BCUT2D eigenvalue weighted by Crippen LogP contribution is 2.30. The lowest BCUT2D eigenvalue weighted by Gasteiger charge is -2.40. The minimum atomic E-state index is -0.493. The number of nitrogens with zero attached hydrogens (tertiary/aromatic N) is 3. The van der Waals surface area contributed by atoms with Crippen molar-refractivity contribution in [2.24, 2.45) is 5.73 Å². The van der Waals surface area contributed by atoms with Crippen molar-refractivity contribution in [1.82, 2.24) is 14.7 Å². The van der Waals surface area contributed by atoms with Crippen molar-refractivity contribution in [3.8, 4) is 5.75 Å². The monoisotopic (exact) mass is 460 g/mol. The summed E-state index contributed by atoms with van der Waals surface area (Å²) >= 11 is 0. The Labute approximate surface area is 197 Å². The molecular weight excluding hydrogens is 420 g/mol. The molecule has 3 rings (SSSR count). The second-order valence-corrected chi connectivity index (χ2v) is 10.4. The molecule has 2 aliphatic heterocycles. The standard InChI is InChI=1S/C25H40N4O4/c1-18(30)28-11-13-29(14-12-28)21-7-9-27(10-8-22(21)31)16-19-5-6-20(25(2,3)4)15-23(19)33-17-24(26)32/h5-6,15,21-22,31H,7-14,16-17H2,1-4H3,(H2,26,32)/t21-,22-/m0/s1. The number of likely N-dealkylation sites (tertiary alicyclic amines) is 1. The van der Waals surface area contributed by atoms with E-state index in [9.17, 15) is 14.7 Å². The molecule has 0 saturated carbocycles. The molecule has 1 aromatic carbocycles. The number of hydrogen-bond acceptors (Lipinski definition) is 6. The fourth-order valence-corrected chi connectivity index (χ4v) is 4.75. The van der Waals surface area contributed by atoms with Crippen molar-refractivity contribution in [1.29, 1.82) is 0 Å². The summed E-state index contributed by atoms with van der Waals surface area (Å²) in [7, 11) is 0. The van der Waals surface area contributed by atoms with Crippen LogP contribution in [0.2, 0.25) is 0 Å². The fourth-order valence-electron chi connectivity index (χ4n) is 4.75. The molecule has 2 aliphatic rings. The van der Waals surface area contributed by atoms with E-state index in [4.69, 9.17) is 10.5 Å². The fraction of sp³-hybridized carbons (Fsp3) is 0.680. The van der Waals surface area contributed by atoms with Crippen LogP contribution < -0.4 is 10.5 Å². The quantitative estimate of drug-likeness (QED) is 0.665. The van der Waals surface area contributed by atoms with E-state index in [-0.39, 0.29) is 30.1 Å². The zero-order valence-corrected chi connectivity index (χ0v) is 20.5. The maximum Gasteiger partial charge on any atom is 0.255 e. The third kappa shape index (κ3) is 6.91. The van der Waals surface area contributed by atoms with E-state index >= 15 is 0 Å². The summed E-state index contributed by atoms with van der Waals surface area (Å²) in [5.74, 6) is 0.324. The number of hydrogen-bond donors (Lipinski definition) is 2. The average molecular weight is 461 g/mol. The Morgan fingerprint density at radius 1 is 1.09 bits per heavy atom. The first kappa shape index (κ1) is 25.5. The molecule has 0 spiro atoms. The summed E-state index contributed by atoms with van der Waals surface area (Å²) in [6.45, 7) is 13.3. The molecule has 8 heteroatoms. The maximum absolute atomic E-state index is 11.6. The summed E-state index contributed by atoms with van der Waals surface area (Å²) in [6.07, 6.45) is 1.20. The average Bonchev–Trinajstić information content (AvgIpc) is 2.93.